The summed E-state index contributed by atoms with van der Waals surface area (Å²) >= 11 is 11.0. The molecule has 3 aromatic rings. The summed E-state index contributed by atoms with van der Waals surface area (Å²) < 4.78 is 6.53. The fourth-order valence-corrected chi connectivity index (χ4v) is 3.24. The Morgan fingerprint density at radius 2 is 2.15 bits per heavy atom. The SMILES string of the molecule is Nc1nc(COc2ccc(Br)cc2Cl)nc2sccc12. The minimum atomic E-state index is 0.222. The van der Waals surface area contributed by atoms with E-state index >= 15 is 0 Å². The van der Waals surface area contributed by atoms with Gasteiger partial charge in [-0.25, -0.2) is 9.97 Å². The van der Waals surface area contributed by atoms with E-state index in [0.29, 0.717) is 22.4 Å². The van der Waals surface area contributed by atoms with Gasteiger partial charge in [-0.3, -0.25) is 0 Å². The van der Waals surface area contributed by atoms with Crippen molar-refractivity contribution in [2.45, 2.75) is 6.61 Å². The largest absolute Gasteiger partial charge is 0.484 e. The van der Waals surface area contributed by atoms with Crippen LogP contribution in [0.25, 0.3) is 10.2 Å². The summed E-state index contributed by atoms with van der Waals surface area (Å²) in [5.41, 5.74) is 5.89. The average Bonchev–Trinajstić information content (AvgIpc) is 2.86. The topological polar surface area (TPSA) is 61.0 Å². The number of hydrogen-bond donors (Lipinski definition) is 1. The van der Waals surface area contributed by atoms with Crippen molar-refractivity contribution in [2.75, 3.05) is 5.73 Å². The van der Waals surface area contributed by atoms with Crippen LogP contribution in [0.4, 0.5) is 5.82 Å². The Kier molecular flexibility index (Phi) is 3.78. The van der Waals surface area contributed by atoms with Crippen LogP contribution in [0.5, 0.6) is 5.75 Å². The van der Waals surface area contributed by atoms with Crippen LogP contribution in [0.3, 0.4) is 0 Å². The van der Waals surface area contributed by atoms with Crippen LogP contribution in [-0.2, 0) is 6.61 Å². The van der Waals surface area contributed by atoms with Crippen LogP contribution in [0.2, 0.25) is 5.02 Å². The van der Waals surface area contributed by atoms with E-state index in [4.69, 9.17) is 22.1 Å². The van der Waals surface area contributed by atoms with E-state index in [1.54, 1.807) is 12.1 Å². The van der Waals surface area contributed by atoms with Gasteiger partial charge in [-0.2, -0.15) is 0 Å². The van der Waals surface area contributed by atoms with Crippen LogP contribution in [0.1, 0.15) is 5.82 Å². The molecular weight excluding hydrogens is 362 g/mol. The van der Waals surface area contributed by atoms with E-state index in [1.807, 2.05) is 17.5 Å². The molecule has 0 saturated heterocycles. The minimum Gasteiger partial charge on any atom is -0.484 e. The third-order valence-corrected chi connectivity index (χ3v) is 4.25. The maximum absolute atomic E-state index is 6.09. The number of ether oxygens (including phenoxy) is 1. The molecule has 0 unspecified atom stereocenters. The van der Waals surface area contributed by atoms with Crippen molar-refractivity contribution in [3.05, 3.63) is 45.0 Å². The summed E-state index contributed by atoms with van der Waals surface area (Å²) in [5.74, 6) is 1.59. The molecule has 7 heteroatoms. The molecule has 0 aliphatic heterocycles. The molecule has 0 bridgehead atoms. The summed E-state index contributed by atoms with van der Waals surface area (Å²) in [7, 11) is 0. The fourth-order valence-electron chi connectivity index (χ4n) is 1.72. The first-order valence-corrected chi connectivity index (χ1v) is 7.76. The van der Waals surface area contributed by atoms with Crippen molar-refractivity contribution in [3.63, 3.8) is 0 Å². The number of rotatable bonds is 3. The predicted molar refractivity (Wildman–Crippen MR) is 85.3 cm³/mol. The van der Waals surface area contributed by atoms with Gasteiger partial charge in [-0.05, 0) is 29.6 Å². The van der Waals surface area contributed by atoms with Crippen molar-refractivity contribution >= 4 is 54.9 Å². The van der Waals surface area contributed by atoms with Crippen molar-refractivity contribution in [1.82, 2.24) is 9.97 Å². The van der Waals surface area contributed by atoms with Crippen molar-refractivity contribution in [2.24, 2.45) is 0 Å². The second kappa shape index (κ2) is 5.55. The van der Waals surface area contributed by atoms with E-state index in [2.05, 4.69) is 25.9 Å². The Morgan fingerprint density at radius 1 is 1.30 bits per heavy atom. The standard InChI is InChI=1S/C13H9BrClN3OS/c14-7-1-2-10(9(15)5-7)19-6-11-17-12(16)8-3-4-20-13(8)18-11/h1-5H,6H2,(H2,16,17,18). The lowest BCUT2D eigenvalue weighted by molar-refractivity contribution is 0.297. The van der Waals surface area contributed by atoms with Gasteiger partial charge in [0.1, 0.15) is 23.0 Å². The predicted octanol–water partition coefficient (Wildman–Crippen LogP) is 4.27. The molecule has 2 aromatic heterocycles. The Morgan fingerprint density at radius 3 is 2.95 bits per heavy atom. The molecule has 0 atom stereocenters. The Hall–Kier alpha value is -1.37. The first-order valence-electron chi connectivity index (χ1n) is 5.71. The quantitative estimate of drug-likeness (QED) is 0.748. The van der Waals surface area contributed by atoms with Crippen LogP contribution < -0.4 is 10.5 Å². The summed E-state index contributed by atoms with van der Waals surface area (Å²) in [6.45, 7) is 0.222. The number of hydrogen-bond acceptors (Lipinski definition) is 5. The molecular formula is C13H9BrClN3OS. The molecule has 0 amide bonds. The van der Waals surface area contributed by atoms with Crippen LogP contribution in [0.15, 0.2) is 34.1 Å². The first kappa shape index (κ1) is 13.6. The molecule has 4 nitrogen and oxygen atoms in total. The average molecular weight is 371 g/mol. The second-order valence-corrected chi connectivity index (χ2v) is 6.25. The van der Waals surface area contributed by atoms with Gasteiger partial charge in [-0.1, -0.05) is 27.5 Å². The highest BCUT2D eigenvalue weighted by atomic mass is 79.9. The van der Waals surface area contributed by atoms with E-state index in [0.717, 1.165) is 14.7 Å². The number of anilines is 1. The van der Waals surface area contributed by atoms with Gasteiger partial charge in [0.15, 0.2) is 5.82 Å². The number of benzene rings is 1. The fraction of sp³-hybridized carbons (Fsp3) is 0.0769. The summed E-state index contributed by atoms with van der Waals surface area (Å²) in [6.07, 6.45) is 0. The molecule has 0 fully saturated rings. The highest BCUT2D eigenvalue weighted by Gasteiger charge is 2.08. The van der Waals surface area contributed by atoms with E-state index in [-0.39, 0.29) is 6.61 Å². The minimum absolute atomic E-state index is 0.222. The lowest BCUT2D eigenvalue weighted by Gasteiger charge is -2.08. The lowest BCUT2D eigenvalue weighted by Crippen LogP contribution is -2.04. The zero-order valence-electron chi connectivity index (χ0n) is 10.1. The Labute approximate surface area is 132 Å². The number of nitrogen functional groups attached to an aromatic ring is 1. The summed E-state index contributed by atoms with van der Waals surface area (Å²) in [6, 6.07) is 7.33. The zero-order chi connectivity index (χ0) is 14.1. The maximum Gasteiger partial charge on any atom is 0.169 e. The van der Waals surface area contributed by atoms with Gasteiger partial charge in [0, 0.05) is 4.47 Å². The summed E-state index contributed by atoms with van der Waals surface area (Å²) in [4.78, 5) is 9.50. The second-order valence-electron chi connectivity index (χ2n) is 4.03. The monoisotopic (exact) mass is 369 g/mol. The first-order chi connectivity index (χ1) is 9.63. The van der Waals surface area contributed by atoms with Crippen LogP contribution in [0, 0.1) is 0 Å². The third-order valence-electron chi connectivity index (χ3n) is 2.65. The molecule has 2 heterocycles. The summed E-state index contributed by atoms with van der Waals surface area (Å²) in [5, 5.41) is 3.34. The van der Waals surface area contributed by atoms with Gasteiger partial charge < -0.3 is 10.5 Å². The highest BCUT2D eigenvalue weighted by molar-refractivity contribution is 9.10. The molecule has 102 valence electrons. The lowest BCUT2D eigenvalue weighted by atomic mass is 10.3. The molecule has 0 aliphatic carbocycles. The third kappa shape index (κ3) is 2.72. The number of nitrogens with two attached hydrogens (primary N) is 1. The van der Waals surface area contributed by atoms with Crippen LogP contribution >= 0.6 is 38.9 Å². The van der Waals surface area contributed by atoms with Gasteiger partial charge in [0.2, 0.25) is 0 Å². The van der Waals surface area contributed by atoms with Gasteiger partial charge in [0.05, 0.1) is 10.4 Å². The molecule has 0 radical (unpaired) electrons. The molecule has 0 saturated carbocycles. The molecule has 2 N–H and O–H groups in total. The highest BCUT2D eigenvalue weighted by Crippen LogP contribution is 2.28. The number of aromatic nitrogens is 2. The zero-order valence-corrected chi connectivity index (χ0v) is 13.3. The number of fused-ring (bicyclic) bond motifs is 1. The number of thiophene rings is 1. The van der Waals surface area contributed by atoms with Crippen molar-refractivity contribution in [3.8, 4) is 5.75 Å². The van der Waals surface area contributed by atoms with Gasteiger partial charge in [0.25, 0.3) is 0 Å². The molecule has 0 spiro atoms. The van der Waals surface area contributed by atoms with Gasteiger partial charge in [-0.15, -0.1) is 11.3 Å². The van der Waals surface area contributed by atoms with Crippen molar-refractivity contribution in [1.29, 1.82) is 0 Å². The number of nitrogens with zero attached hydrogens (tertiary/aromatic N) is 2. The van der Waals surface area contributed by atoms with E-state index in [9.17, 15) is 0 Å². The Bertz CT molecular complexity index is 777. The van der Waals surface area contributed by atoms with Crippen molar-refractivity contribution < 1.29 is 4.74 Å². The smallest absolute Gasteiger partial charge is 0.169 e. The molecule has 20 heavy (non-hydrogen) atoms. The molecule has 0 aliphatic rings. The van der Waals surface area contributed by atoms with E-state index < -0.39 is 0 Å². The molecule has 1 aromatic carbocycles. The number of halogens is 2. The Balaban J connectivity index is 1.82. The molecule has 3 rings (SSSR count). The van der Waals surface area contributed by atoms with E-state index in [1.165, 1.54) is 11.3 Å². The van der Waals surface area contributed by atoms with Crippen LogP contribution in [-0.4, -0.2) is 9.97 Å². The normalized spacial score (nSPS) is 10.9. The maximum atomic E-state index is 6.09. The van der Waals surface area contributed by atoms with Gasteiger partial charge >= 0.3 is 0 Å².